The summed E-state index contributed by atoms with van der Waals surface area (Å²) in [4.78, 5) is 32.3. The molecule has 0 fully saturated rings. The Bertz CT molecular complexity index is 1550. The van der Waals surface area contributed by atoms with Crippen molar-refractivity contribution in [2.45, 2.75) is 26.2 Å². The van der Waals surface area contributed by atoms with E-state index in [-0.39, 0.29) is 57.4 Å². The van der Waals surface area contributed by atoms with Crippen LogP contribution in [0.3, 0.4) is 0 Å². The monoisotopic (exact) mass is 503 g/mol. The van der Waals surface area contributed by atoms with Gasteiger partial charge in [-0.15, -0.1) is 0 Å². The van der Waals surface area contributed by atoms with Gasteiger partial charge < -0.3 is 36.8 Å². The molecule has 0 aliphatic carbocycles. The van der Waals surface area contributed by atoms with Gasteiger partial charge in [-0.2, -0.15) is 9.97 Å². The first-order valence-corrected chi connectivity index (χ1v) is 11.0. The van der Waals surface area contributed by atoms with Crippen molar-refractivity contribution >= 4 is 34.6 Å². The number of nitrogens with two attached hydrogens (primary N) is 3. The standard InChI is InChI=1S/C24H25N9O4/c1-24(2,3)21-30-16-18(31-21)32-23(37-15-7-5-4-6-14(15)29-22(27)28)33-19(16)36-11-8-9-12(17(25)26)13(10-11)20(34)35/h4-10H,1-3H3,(H3,25,26)(H,34,35)(H4,27,28,29)(H,30,31,32,33). The molecule has 13 nitrogen and oxygen atoms in total. The molecular weight excluding hydrogens is 478 g/mol. The topological polar surface area (TPSA) is 224 Å². The molecule has 0 bridgehead atoms. The predicted octanol–water partition coefficient (Wildman–Crippen LogP) is 3.12. The number of guanidine groups is 1. The number of carboxylic acids is 1. The fourth-order valence-corrected chi connectivity index (χ4v) is 3.31. The number of aromatic amines is 1. The molecule has 0 aliphatic rings. The normalized spacial score (nSPS) is 11.2. The number of hydrogen-bond donors (Lipinski definition) is 6. The summed E-state index contributed by atoms with van der Waals surface area (Å²) in [5, 5.41) is 17.2. The zero-order valence-electron chi connectivity index (χ0n) is 20.2. The molecule has 0 unspecified atom stereocenters. The first-order valence-electron chi connectivity index (χ1n) is 11.0. The lowest BCUT2D eigenvalue weighted by molar-refractivity contribution is 0.0696. The number of nitrogen functional groups attached to an aromatic ring is 1. The number of carbonyl (C=O) groups is 1. The molecule has 4 aromatic rings. The van der Waals surface area contributed by atoms with Gasteiger partial charge in [0.15, 0.2) is 17.4 Å². The number of aromatic carboxylic acids is 1. The first-order chi connectivity index (χ1) is 17.4. The molecule has 0 aliphatic heterocycles. The number of benzene rings is 2. The third-order valence-corrected chi connectivity index (χ3v) is 5.05. The summed E-state index contributed by atoms with van der Waals surface area (Å²) in [7, 11) is 0. The summed E-state index contributed by atoms with van der Waals surface area (Å²) in [6.07, 6.45) is 0. The largest absolute Gasteiger partial charge is 0.478 e. The van der Waals surface area contributed by atoms with E-state index < -0.39 is 5.97 Å². The Balaban J connectivity index is 1.83. The third-order valence-electron chi connectivity index (χ3n) is 5.05. The Kier molecular flexibility index (Phi) is 6.36. The molecule has 0 amide bonds. The van der Waals surface area contributed by atoms with Gasteiger partial charge in [0.05, 0.1) is 5.56 Å². The predicted molar refractivity (Wildman–Crippen MR) is 137 cm³/mol. The third kappa shape index (κ3) is 5.40. The molecule has 2 heterocycles. The van der Waals surface area contributed by atoms with E-state index >= 15 is 0 Å². The molecular formula is C24H25N9O4. The highest BCUT2D eigenvalue weighted by Gasteiger charge is 2.23. The first kappa shape index (κ1) is 24.9. The minimum atomic E-state index is -1.26. The lowest BCUT2D eigenvalue weighted by atomic mass is 9.96. The SMILES string of the molecule is CC(C)(C)c1nc2nc(Oc3ccccc3N=C(N)N)nc(Oc3ccc(C(=N)N)c(C(=O)O)c3)c2[nH]1. The zero-order valence-corrected chi connectivity index (χ0v) is 20.2. The number of para-hydroxylation sites is 2. The second kappa shape index (κ2) is 9.45. The molecule has 2 aromatic carbocycles. The maximum absolute atomic E-state index is 11.7. The Morgan fingerprint density at radius 3 is 2.41 bits per heavy atom. The Morgan fingerprint density at radius 1 is 1.03 bits per heavy atom. The van der Waals surface area contributed by atoms with Crippen LogP contribution in [0.15, 0.2) is 47.5 Å². The molecule has 0 spiro atoms. The van der Waals surface area contributed by atoms with Crippen LogP contribution in [-0.2, 0) is 5.41 Å². The van der Waals surface area contributed by atoms with E-state index in [9.17, 15) is 9.90 Å². The number of aromatic nitrogens is 4. The van der Waals surface area contributed by atoms with Crippen molar-refractivity contribution in [2.75, 3.05) is 0 Å². The van der Waals surface area contributed by atoms with Crippen molar-refractivity contribution in [1.29, 1.82) is 5.41 Å². The number of nitrogens with zero attached hydrogens (tertiary/aromatic N) is 4. The van der Waals surface area contributed by atoms with Crippen LogP contribution in [0.2, 0.25) is 0 Å². The van der Waals surface area contributed by atoms with E-state index in [2.05, 4.69) is 24.9 Å². The van der Waals surface area contributed by atoms with Crippen molar-refractivity contribution in [3.8, 4) is 23.4 Å². The van der Waals surface area contributed by atoms with Crippen molar-refractivity contribution in [3.05, 3.63) is 59.4 Å². The van der Waals surface area contributed by atoms with E-state index in [1.807, 2.05) is 20.8 Å². The maximum Gasteiger partial charge on any atom is 0.336 e. The summed E-state index contributed by atoms with van der Waals surface area (Å²) in [5.41, 5.74) is 17.1. The number of amidine groups is 1. The number of fused-ring (bicyclic) bond motifs is 1. The van der Waals surface area contributed by atoms with Crippen LogP contribution in [0.25, 0.3) is 11.2 Å². The minimum Gasteiger partial charge on any atom is -0.478 e. The van der Waals surface area contributed by atoms with Crippen LogP contribution in [-0.4, -0.2) is 42.8 Å². The van der Waals surface area contributed by atoms with E-state index in [1.54, 1.807) is 24.3 Å². The minimum absolute atomic E-state index is 0.0363. The van der Waals surface area contributed by atoms with Gasteiger partial charge in [-0.25, -0.2) is 14.8 Å². The molecule has 0 radical (unpaired) electrons. The average molecular weight is 504 g/mol. The maximum atomic E-state index is 11.7. The van der Waals surface area contributed by atoms with Crippen molar-refractivity contribution < 1.29 is 19.4 Å². The van der Waals surface area contributed by atoms with Gasteiger partial charge in [-0.1, -0.05) is 32.9 Å². The lowest BCUT2D eigenvalue weighted by Gasteiger charge is -2.13. The van der Waals surface area contributed by atoms with Crippen molar-refractivity contribution in [3.63, 3.8) is 0 Å². The summed E-state index contributed by atoms with van der Waals surface area (Å²) in [5.74, 6) is -0.714. The fourth-order valence-electron chi connectivity index (χ4n) is 3.31. The molecule has 4 rings (SSSR count). The Labute approximate surface area is 210 Å². The molecule has 0 saturated carbocycles. The van der Waals surface area contributed by atoms with Gasteiger partial charge in [-0.3, -0.25) is 5.41 Å². The number of ether oxygens (including phenoxy) is 2. The Hall–Kier alpha value is -5.20. The number of imidazole rings is 1. The summed E-state index contributed by atoms with van der Waals surface area (Å²) < 4.78 is 11.9. The molecule has 190 valence electrons. The van der Waals surface area contributed by atoms with Crippen LogP contribution < -0.4 is 26.7 Å². The van der Waals surface area contributed by atoms with Crippen LogP contribution in [0.4, 0.5) is 5.69 Å². The second-order valence-electron chi connectivity index (χ2n) is 8.98. The van der Waals surface area contributed by atoms with Crippen LogP contribution in [0.1, 0.15) is 42.5 Å². The van der Waals surface area contributed by atoms with Gasteiger partial charge in [0, 0.05) is 11.0 Å². The average Bonchev–Trinajstić information content (AvgIpc) is 3.25. The van der Waals surface area contributed by atoms with Crippen LogP contribution in [0.5, 0.6) is 23.4 Å². The van der Waals surface area contributed by atoms with Gasteiger partial charge in [0.25, 0.3) is 5.88 Å². The van der Waals surface area contributed by atoms with Gasteiger partial charge in [0.1, 0.15) is 28.6 Å². The van der Waals surface area contributed by atoms with E-state index in [4.69, 9.17) is 32.1 Å². The smallest absolute Gasteiger partial charge is 0.336 e. The van der Waals surface area contributed by atoms with E-state index in [0.29, 0.717) is 17.0 Å². The van der Waals surface area contributed by atoms with Crippen molar-refractivity contribution in [1.82, 2.24) is 19.9 Å². The van der Waals surface area contributed by atoms with Gasteiger partial charge in [-0.05, 0) is 30.3 Å². The van der Waals surface area contributed by atoms with E-state index in [0.717, 1.165) is 0 Å². The fraction of sp³-hybridized carbons (Fsp3) is 0.167. The van der Waals surface area contributed by atoms with Crippen LogP contribution >= 0.6 is 0 Å². The quantitative estimate of drug-likeness (QED) is 0.159. The highest BCUT2D eigenvalue weighted by molar-refractivity contribution is 6.05. The highest BCUT2D eigenvalue weighted by atomic mass is 16.5. The number of hydrogen-bond acceptors (Lipinski definition) is 8. The highest BCUT2D eigenvalue weighted by Crippen LogP contribution is 2.35. The molecule has 0 atom stereocenters. The number of rotatable bonds is 7. The van der Waals surface area contributed by atoms with Gasteiger partial charge in [0.2, 0.25) is 0 Å². The molecule has 9 N–H and O–H groups in total. The summed E-state index contributed by atoms with van der Waals surface area (Å²) in [6.45, 7) is 5.92. The van der Waals surface area contributed by atoms with Gasteiger partial charge >= 0.3 is 12.0 Å². The van der Waals surface area contributed by atoms with E-state index in [1.165, 1.54) is 18.2 Å². The zero-order chi connectivity index (χ0) is 26.9. The molecule has 2 aromatic heterocycles. The molecule has 13 heteroatoms. The number of aliphatic imine (C=N–C) groups is 1. The number of carboxylic acid groups (broad SMARTS) is 1. The Morgan fingerprint density at radius 2 is 1.76 bits per heavy atom. The summed E-state index contributed by atoms with van der Waals surface area (Å²) in [6, 6.07) is 10.8. The number of H-pyrrole nitrogens is 1. The lowest BCUT2D eigenvalue weighted by Crippen LogP contribution is -2.21. The van der Waals surface area contributed by atoms with Crippen LogP contribution in [0, 0.1) is 5.41 Å². The van der Waals surface area contributed by atoms with Crippen molar-refractivity contribution in [2.24, 2.45) is 22.2 Å². The second-order valence-corrected chi connectivity index (χ2v) is 8.98. The molecule has 37 heavy (non-hydrogen) atoms. The molecule has 0 saturated heterocycles. The number of nitrogens with one attached hydrogen (secondary N) is 2. The summed E-state index contributed by atoms with van der Waals surface area (Å²) >= 11 is 0.